The fraction of sp³-hybridized carbons (Fsp3) is 0.462. The van der Waals surface area contributed by atoms with Crippen LogP contribution < -0.4 is 5.73 Å². The molecule has 1 aliphatic heterocycles. The van der Waals surface area contributed by atoms with E-state index in [1.807, 2.05) is 0 Å². The highest BCUT2D eigenvalue weighted by Crippen LogP contribution is 2.31. The lowest BCUT2D eigenvalue weighted by Gasteiger charge is -2.20. The topological polar surface area (TPSA) is 46.3 Å². The highest BCUT2D eigenvalue weighted by atomic mass is 19.2. The summed E-state index contributed by atoms with van der Waals surface area (Å²) in [5.41, 5.74) is 5.18. The molecule has 1 saturated heterocycles. The molecule has 0 aromatic heterocycles. The van der Waals surface area contributed by atoms with Gasteiger partial charge in [0, 0.05) is 19.2 Å². The summed E-state index contributed by atoms with van der Waals surface area (Å²) in [5.74, 6) is -2.82. The van der Waals surface area contributed by atoms with Crippen molar-refractivity contribution in [2.24, 2.45) is 0 Å². The molecular weight excluding hydrogens is 238 g/mol. The molecule has 1 heterocycles. The van der Waals surface area contributed by atoms with Crippen LogP contribution in [0.4, 0.5) is 14.5 Å². The summed E-state index contributed by atoms with van der Waals surface area (Å²) in [4.78, 5) is 13.7. The van der Waals surface area contributed by atoms with Gasteiger partial charge in [0.1, 0.15) is 0 Å². The molecule has 0 radical (unpaired) electrons. The first-order chi connectivity index (χ1) is 8.52. The van der Waals surface area contributed by atoms with Crippen LogP contribution >= 0.6 is 0 Å². The van der Waals surface area contributed by atoms with E-state index in [4.69, 9.17) is 5.73 Å². The van der Waals surface area contributed by atoms with Crippen molar-refractivity contribution in [1.29, 1.82) is 0 Å². The van der Waals surface area contributed by atoms with Crippen molar-refractivity contribution in [2.75, 3.05) is 19.3 Å². The zero-order chi connectivity index (χ0) is 13.3. The Hall–Kier alpha value is -1.65. The molecule has 2 rings (SSSR count). The van der Waals surface area contributed by atoms with Crippen LogP contribution in [0.2, 0.25) is 0 Å². The minimum absolute atomic E-state index is 0.112. The van der Waals surface area contributed by atoms with Gasteiger partial charge in [-0.3, -0.25) is 4.79 Å². The van der Waals surface area contributed by atoms with Gasteiger partial charge in [0.15, 0.2) is 11.6 Å². The van der Waals surface area contributed by atoms with Crippen molar-refractivity contribution < 1.29 is 13.6 Å². The Labute approximate surface area is 105 Å². The number of carbonyl (C=O) groups excluding carboxylic acids is 1. The largest absolute Gasteiger partial charge is 0.396 e. The van der Waals surface area contributed by atoms with Crippen LogP contribution in [0.3, 0.4) is 0 Å². The number of nitrogens with two attached hydrogens (primary N) is 1. The Balaban J connectivity index is 2.41. The van der Waals surface area contributed by atoms with Crippen LogP contribution in [0, 0.1) is 11.6 Å². The van der Waals surface area contributed by atoms with Crippen LogP contribution in [0.25, 0.3) is 0 Å². The molecule has 0 bridgehead atoms. The molecule has 0 aliphatic carbocycles. The van der Waals surface area contributed by atoms with Gasteiger partial charge in [-0.25, -0.2) is 8.78 Å². The molecule has 1 amide bonds. The number of halogens is 2. The molecule has 2 N–H and O–H groups in total. The summed E-state index contributed by atoms with van der Waals surface area (Å²) >= 11 is 0. The summed E-state index contributed by atoms with van der Waals surface area (Å²) in [6.07, 6.45) is 2.26. The second-order valence-electron chi connectivity index (χ2n) is 4.68. The maximum atomic E-state index is 13.9. The van der Waals surface area contributed by atoms with Gasteiger partial charge >= 0.3 is 0 Å². The van der Waals surface area contributed by atoms with E-state index in [2.05, 4.69) is 0 Å². The summed E-state index contributed by atoms with van der Waals surface area (Å²) in [7, 11) is 1.69. The first kappa shape index (κ1) is 12.8. The number of amides is 1. The molecule has 3 nitrogen and oxygen atoms in total. The number of nitrogen functional groups attached to an aromatic ring is 1. The third kappa shape index (κ3) is 2.17. The molecule has 18 heavy (non-hydrogen) atoms. The number of hydrogen-bond donors (Lipinski definition) is 1. The van der Waals surface area contributed by atoms with Crippen LogP contribution in [0.15, 0.2) is 12.1 Å². The van der Waals surface area contributed by atoms with Gasteiger partial charge in [0.2, 0.25) is 5.91 Å². The molecule has 98 valence electrons. The van der Waals surface area contributed by atoms with Gasteiger partial charge in [-0.05, 0) is 18.9 Å². The van der Waals surface area contributed by atoms with Gasteiger partial charge in [0.25, 0.3) is 0 Å². The zero-order valence-corrected chi connectivity index (χ0v) is 10.2. The summed E-state index contributed by atoms with van der Waals surface area (Å²) in [5, 5.41) is 0. The Morgan fingerprint density at radius 1 is 1.28 bits per heavy atom. The standard InChI is InChI=1S/C13H16F2N2O/c1-17-7-3-2-4-9(13(17)18)8-5-6-10(16)12(15)11(8)14/h5-6,9H,2-4,7,16H2,1H3. The maximum Gasteiger partial charge on any atom is 0.229 e. The van der Waals surface area contributed by atoms with E-state index in [0.717, 1.165) is 12.8 Å². The lowest BCUT2D eigenvalue weighted by atomic mass is 9.92. The van der Waals surface area contributed by atoms with E-state index in [9.17, 15) is 13.6 Å². The monoisotopic (exact) mass is 254 g/mol. The average molecular weight is 254 g/mol. The van der Waals surface area contributed by atoms with Crippen molar-refractivity contribution in [3.05, 3.63) is 29.3 Å². The quantitative estimate of drug-likeness (QED) is 0.781. The highest BCUT2D eigenvalue weighted by molar-refractivity contribution is 5.84. The number of benzene rings is 1. The number of rotatable bonds is 1. The summed E-state index contributed by atoms with van der Waals surface area (Å²) in [6.45, 7) is 0.661. The highest BCUT2D eigenvalue weighted by Gasteiger charge is 2.29. The molecule has 5 heteroatoms. The molecular formula is C13H16F2N2O. The smallest absolute Gasteiger partial charge is 0.229 e. The lowest BCUT2D eigenvalue weighted by Crippen LogP contribution is -2.30. The van der Waals surface area contributed by atoms with Gasteiger partial charge in [-0.15, -0.1) is 0 Å². The molecule has 0 saturated carbocycles. The third-order valence-electron chi connectivity index (χ3n) is 3.43. The molecule has 1 aromatic rings. The number of anilines is 1. The predicted molar refractivity (Wildman–Crippen MR) is 65.0 cm³/mol. The lowest BCUT2D eigenvalue weighted by molar-refractivity contribution is -0.131. The summed E-state index contributed by atoms with van der Waals surface area (Å²) < 4.78 is 27.3. The second kappa shape index (κ2) is 4.92. The Kier molecular flexibility index (Phi) is 3.50. The minimum Gasteiger partial charge on any atom is -0.396 e. The zero-order valence-electron chi connectivity index (χ0n) is 10.2. The van der Waals surface area contributed by atoms with E-state index in [1.165, 1.54) is 12.1 Å². The molecule has 1 aromatic carbocycles. The molecule has 1 aliphatic rings. The van der Waals surface area contributed by atoms with Gasteiger partial charge < -0.3 is 10.6 Å². The van der Waals surface area contributed by atoms with E-state index in [0.29, 0.717) is 13.0 Å². The van der Waals surface area contributed by atoms with Gasteiger partial charge in [0.05, 0.1) is 11.6 Å². The molecule has 1 unspecified atom stereocenters. The van der Waals surface area contributed by atoms with E-state index >= 15 is 0 Å². The van der Waals surface area contributed by atoms with Crippen molar-refractivity contribution in [2.45, 2.75) is 25.2 Å². The van der Waals surface area contributed by atoms with Crippen molar-refractivity contribution in [3.8, 4) is 0 Å². The SMILES string of the molecule is CN1CCCCC(c2ccc(N)c(F)c2F)C1=O. The van der Waals surface area contributed by atoms with Crippen molar-refractivity contribution in [1.82, 2.24) is 4.90 Å². The third-order valence-corrected chi connectivity index (χ3v) is 3.43. The van der Waals surface area contributed by atoms with Crippen molar-refractivity contribution in [3.63, 3.8) is 0 Å². The number of likely N-dealkylation sites (tertiary alicyclic amines) is 1. The Morgan fingerprint density at radius 3 is 2.72 bits per heavy atom. The van der Waals surface area contributed by atoms with Crippen molar-refractivity contribution >= 4 is 11.6 Å². The Morgan fingerprint density at radius 2 is 2.00 bits per heavy atom. The van der Waals surface area contributed by atoms with Crippen LogP contribution in [0.1, 0.15) is 30.7 Å². The molecule has 0 spiro atoms. The first-order valence-electron chi connectivity index (χ1n) is 6.00. The molecule has 1 atom stereocenters. The average Bonchev–Trinajstić information content (AvgIpc) is 2.51. The van der Waals surface area contributed by atoms with E-state index < -0.39 is 17.6 Å². The first-order valence-corrected chi connectivity index (χ1v) is 6.00. The van der Waals surface area contributed by atoms with E-state index in [1.54, 1.807) is 11.9 Å². The number of hydrogen-bond acceptors (Lipinski definition) is 2. The summed E-state index contributed by atoms with van der Waals surface area (Å²) in [6, 6.07) is 2.72. The van der Waals surface area contributed by atoms with Gasteiger partial charge in [-0.1, -0.05) is 12.5 Å². The number of carbonyl (C=O) groups is 1. The van der Waals surface area contributed by atoms with Gasteiger partial charge in [-0.2, -0.15) is 0 Å². The van der Waals surface area contributed by atoms with Crippen LogP contribution in [0.5, 0.6) is 0 Å². The fourth-order valence-electron chi connectivity index (χ4n) is 2.33. The normalized spacial score (nSPS) is 20.9. The fourth-order valence-corrected chi connectivity index (χ4v) is 2.33. The predicted octanol–water partition coefficient (Wildman–Crippen LogP) is 2.27. The number of nitrogens with zero attached hydrogens (tertiary/aromatic N) is 1. The Bertz CT molecular complexity index is 476. The number of likely N-dealkylation sites (N-methyl/N-ethyl adjacent to an activating group) is 1. The van der Waals surface area contributed by atoms with E-state index in [-0.39, 0.29) is 17.2 Å². The minimum atomic E-state index is -1.06. The molecule has 1 fully saturated rings. The maximum absolute atomic E-state index is 13.9. The van der Waals surface area contributed by atoms with Crippen LogP contribution in [-0.2, 0) is 4.79 Å². The van der Waals surface area contributed by atoms with Crippen LogP contribution in [-0.4, -0.2) is 24.4 Å². The second-order valence-corrected chi connectivity index (χ2v) is 4.68.